The number of amides is 1. The number of nitrogens with one attached hydrogen (secondary N) is 1. The van der Waals surface area contributed by atoms with Crippen LogP contribution in [0.25, 0.3) is 0 Å². The van der Waals surface area contributed by atoms with Crippen LogP contribution in [0, 0.1) is 0 Å². The van der Waals surface area contributed by atoms with E-state index in [-0.39, 0.29) is 5.91 Å². The van der Waals surface area contributed by atoms with Gasteiger partial charge in [0.1, 0.15) is 0 Å². The topological polar surface area (TPSA) is 51.2 Å². The van der Waals surface area contributed by atoms with E-state index in [1.807, 2.05) is 0 Å². The summed E-state index contributed by atoms with van der Waals surface area (Å²) in [6.07, 6.45) is 1.46. The smallest absolute Gasteiger partial charge is 0.255 e. The fraction of sp³-hybridized carbons (Fsp3) is 0.143. The van der Waals surface area contributed by atoms with E-state index in [1.54, 1.807) is 12.1 Å². The third-order valence-electron chi connectivity index (χ3n) is 1.34. The number of rotatable bonds is 2. The number of methoxy groups -OCH3 is 1. The van der Waals surface area contributed by atoms with Crippen molar-refractivity contribution >= 4 is 15.3 Å². The molecule has 0 saturated heterocycles. The lowest BCUT2D eigenvalue weighted by Crippen LogP contribution is -2.11. The van der Waals surface area contributed by atoms with E-state index >= 15 is 0 Å². The maximum absolute atomic E-state index is 11.0. The third kappa shape index (κ3) is 1.92. The molecule has 1 aromatic heterocycles. The fourth-order valence-electron chi connectivity index (χ4n) is 0.719. The van der Waals surface area contributed by atoms with E-state index < -0.39 is 0 Å². The van der Waals surface area contributed by atoms with Crippen molar-refractivity contribution in [1.82, 2.24) is 10.1 Å². The molecule has 1 unspecified atom stereocenters. The van der Waals surface area contributed by atoms with Gasteiger partial charge in [0, 0.05) is 12.3 Å². The molecule has 0 aliphatic rings. The van der Waals surface area contributed by atoms with Crippen LogP contribution >= 0.6 is 9.39 Å². The summed E-state index contributed by atoms with van der Waals surface area (Å²) in [5.41, 5.74) is 0.505. The summed E-state index contributed by atoms with van der Waals surface area (Å²) in [5, 5.41) is 2.42. The average molecular weight is 184 g/mol. The Bertz CT molecular complexity index is 273. The van der Waals surface area contributed by atoms with Gasteiger partial charge in [-0.25, -0.2) is 4.98 Å². The van der Waals surface area contributed by atoms with Gasteiger partial charge in [-0.3, -0.25) is 4.79 Å². The Kier molecular flexibility index (Phi) is 3.00. The minimum absolute atomic E-state index is 0.185. The van der Waals surface area contributed by atoms with Crippen LogP contribution in [0.4, 0.5) is 0 Å². The van der Waals surface area contributed by atoms with Crippen LogP contribution in [0.15, 0.2) is 18.3 Å². The van der Waals surface area contributed by atoms with Crippen molar-refractivity contribution in [2.24, 2.45) is 0 Å². The molecule has 0 bridgehead atoms. The van der Waals surface area contributed by atoms with Gasteiger partial charge in [0.15, 0.2) is 0 Å². The van der Waals surface area contributed by atoms with E-state index in [9.17, 15) is 4.79 Å². The molecule has 1 rings (SSSR count). The molecule has 0 saturated carbocycles. The van der Waals surface area contributed by atoms with Crippen molar-refractivity contribution in [1.29, 1.82) is 0 Å². The lowest BCUT2D eigenvalue weighted by atomic mass is 10.3. The standard InChI is InChI=1S/C7H9N2O2P/c1-11-6-3-2-5(4-8-6)7(10)9-12/h2-4H,12H2,1H3,(H,9,10). The van der Waals surface area contributed by atoms with Gasteiger partial charge in [0.25, 0.3) is 5.91 Å². The minimum Gasteiger partial charge on any atom is -0.481 e. The van der Waals surface area contributed by atoms with E-state index in [4.69, 9.17) is 4.74 Å². The normalized spacial score (nSPS) is 9.17. The first-order valence-electron chi connectivity index (χ1n) is 3.29. The zero-order valence-corrected chi connectivity index (χ0v) is 7.73. The molecule has 1 heterocycles. The number of ether oxygens (including phenoxy) is 1. The van der Waals surface area contributed by atoms with Gasteiger partial charge in [0.05, 0.1) is 12.7 Å². The molecule has 0 spiro atoms. The minimum atomic E-state index is -0.185. The summed E-state index contributed by atoms with van der Waals surface area (Å²) in [5.74, 6) is 0.311. The Morgan fingerprint density at radius 3 is 2.83 bits per heavy atom. The lowest BCUT2D eigenvalue weighted by molar-refractivity contribution is 0.0983. The van der Waals surface area contributed by atoms with Gasteiger partial charge in [-0.1, -0.05) is 0 Å². The van der Waals surface area contributed by atoms with Crippen molar-refractivity contribution < 1.29 is 9.53 Å². The Labute approximate surface area is 72.6 Å². The fourth-order valence-corrected chi connectivity index (χ4v) is 0.885. The van der Waals surface area contributed by atoms with Crippen LogP contribution < -0.4 is 9.82 Å². The highest BCUT2D eigenvalue weighted by molar-refractivity contribution is 7.15. The summed E-state index contributed by atoms with van der Waals surface area (Å²) in [7, 11) is 3.66. The maximum atomic E-state index is 11.0. The predicted octanol–water partition coefficient (Wildman–Crippen LogP) is 0.610. The molecule has 0 aromatic carbocycles. The zero-order chi connectivity index (χ0) is 8.97. The molecule has 0 radical (unpaired) electrons. The second-order valence-electron chi connectivity index (χ2n) is 2.06. The molecule has 1 amide bonds. The SMILES string of the molecule is COc1ccc(C(=O)NP)cn1. The van der Waals surface area contributed by atoms with E-state index in [1.165, 1.54) is 13.3 Å². The summed E-state index contributed by atoms with van der Waals surface area (Å²) < 4.78 is 4.83. The molecule has 4 nitrogen and oxygen atoms in total. The van der Waals surface area contributed by atoms with Crippen LogP contribution in [0.5, 0.6) is 5.88 Å². The molecule has 1 aromatic rings. The molecular weight excluding hydrogens is 175 g/mol. The van der Waals surface area contributed by atoms with Gasteiger partial charge < -0.3 is 9.82 Å². The van der Waals surface area contributed by atoms with Gasteiger partial charge in [0.2, 0.25) is 5.88 Å². The average Bonchev–Trinajstić information content (AvgIpc) is 2.17. The molecule has 64 valence electrons. The molecule has 5 heteroatoms. The van der Waals surface area contributed by atoms with Crippen molar-refractivity contribution in [3.63, 3.8) is 0 Å². The number of hydrogen-bond acceptors (Lipinski definition) is 3. The number of pyridine rings is 1. The highest BCUT2D eigenvalue weighted by atomic mass is 31.0. The molecule has 0 aliphatic carbocycles. The molecule has 0 fully saturated rings. The second kappa shape index (κ2) is 4.02. The van der Waals surface area contributed by atoms with Crippen molar-refractivity contribution in [2.45, 2.75) is 0 Å². The number of nitrogens with zero attached hydrogens (tertiary/aromatic N) is 1. The Morgan fingerprint density at radius 1 is 1.67 bits per heavy atom. The van der Waals surface area contributed by atoms with Gasteiger partial charge in [-0.05, 0) is 15.5 Å². The quantitative estimate of drug-likeness (QED) is 0.685. The monoisotopic (exact) mass is 184 g/mol. The number of carbonyl (C=O) groups is 1. The predicted molar refractivity (Wildman–Crippen MR) is 48.0 cm³/mol. The largest absolute Gasteiger partial charge is 0.481 e. The number of aromatic nitrogens is 1. The Morgan fingerprint density at radius 2 is 2.42 bits per heavy atom. The second-order valence-corrected chi connectivity index (χ2v) is 2.35. The number of carbonyl (C=O) groups excluding carboxylic acids is 1. The summed E-state index contributed by atoms with van der Waals surface area (Å²) in [4.78, 5) is 14.9. The van der Waals surface area contributed by atoms with Crippen molar-refractivity contribution in [2.75, 3.05) is 7.11 Å². The molecule has 12 heavy (non-hydrogen) atoms. The molecule has 1 N–H and O–H groups in total. The van der Waals surface area contributed by atoms with E-state index in [0.29, 0.717) is 11.4 Å². The van der Waals surface area contributed by atoms with Crippen LogP contribution in [-0.4, -0.2) is 18.0 Å². The first-order valence-corrected chi connectivity index (χ1v) is 3.86. The van der Waals surface area contributed by atoms with Crippen LogP contribution in [0.3, 0.4) is 0 Å². The van der Waals surface area contributed by atoms with Gasteiger partial charge >= 0.3 is 0 Å². The van der Waals surface area contributed by atoms with Crippen molar-refractivity contribution in [3.05, 3.63) is 23.9 Å². The summed E-state index contributed by atoms with van der Waals surface area (Å²) in [6.45, 7) is 0. The van der Waals surface area contributed by atoms with E-state index in [0.717, 1.165) is 0 Å². The van der Waals surface area contributed by atoms with Gasteiger partial charge in [-0.2, -0.15) is 0 Å². The van der Waals surface area contributed by atoms with Crippen LogP contribution in [0.1, 0.15) is 10.4 Å². The van der Waals surface area contributed by atoms with Crippen LogP contribution in [0.2, 0.25) is 0 Å². The first-order chi connectivity index (χ1) is 5.77. The lowest BCUT2D eigenvalue weighted by Gasteiger charge is -2.00. The Balaban J connectivity index is 2.84. The maximum Gasteiger partial charge on any atom is 0.255 e. The molecular formula is C7H9N2O2P. The third-order valence-corrected chi connectivity index (χ3v) is 1.60. The first kappa shape index (κ1) is 8.94. The highest BCUT2D eigenvalue weighted by Gasteiger charge is 2.02. The summed E-state index contributed by atoms with van der Waals surface area (Å²) >= 11 is 0. The van der Waals surface area contributed by atoms with Crippen molar-refractivity contribution in [3.8, 4) is 5.88 Å². The van der Waals surface area contributed by atoms with E-state index in [2.05, 4.69) is 19.5 Å². The molecule has 0 aliphatic heterocycles. The highest BCUT2D eigenvalue weighted by Crippen LogP contribution is 2.06. The molecule has 1 atom stereocenters. The summed E-state index contributed by atoms with van der Waals surface area (Å²) in [6, 6.07) is 3.28. The van der Waals surface area contributed by atoms with Crippen LogP contribution in [-0.2, 0) is 0 Å². The Hall–Kier alpha value is -1.15. The van der Waals surface area contributed by atoms with Gasteiger partial charge in [-0.15, -0.1) is 0 Å². The zero-order valence-electron chi connectivity index (χ0n) is 6.57. The number of hydrogen-bond donors (Lipinski definition) is 1.